The van der Waals surface area contributed by atoms with Gasteiger partial charge in [-0.3, -0.25) is 0 Å². The maximum Gasteiger partial charge on any atom is 0.0482 e. The van der Waals surface area contributed by atoms with E-state index in [1.54, 1.807) is 0 Å². The van der Waals surface area contributed by atoms with Crippen LogP contribution in [0.4, 0.5) is 17.1 Å². The number of halogens is 1. The van der Waals surface area contributed by atoms with E-state index in [1.807, 2.05) is 30.3 Å². The zero-order chi connectivity index (χ0) is 25.7. The largest absolute Gasteiger partial charge is 0.310 e. The molecule has 0 radical (unpaired) electrons. The van der Waals surface area contributed by atoms with Crippen molar-refractivity contribution in [1.29, 1.82) is 0 Å². The van der Waals surface area contributed by atoms with Crippen LogP contribution in [0.25, 0.3) is 33.4 Å². The molecule has 0 fully saturated rings. The zero-order valence-corrected chi connectivity index (χ0v) is 21.6. The van der Waals surface area contributed by atoms with Gasteiger partial charge in [-0.1, -0.05) is 127 Å². The van der Waals surface area contributed by atoms with E-state index >= 15 is 0 Å². The molecule has 0 amide bonds. The van der Waals surface area contributed by atoms with Gasteiger partial charge in [0.1, 0.15) is 0 Å². The average Bonchev–Trinajstić information content (AvgIpc) is 2.99. The van der Waals surface area contributed by atoms with Gasteiger partial charge in [0, 0.05) is 22.1 Å². The lowest BCUT2D eigenvalue weighted by atomic mass is 10.0. The van der Waals surface area contributed by atoms with Crippen molar-refractivity contribution in [3.63, 3.8) is 0 Å². The summed E-state index contributed by atoms with van der Waals surface area (Å²) < 4.78 is 0. The van der Waals surface area contributed by atoms with Crippen LogP contribution in [0.15, 0.2) is 158 Å². The predicted molar refractivity (Wildman–Crippen MR) is 162 cm³/mol. The van der Waals surface area contributed by atoms with Gasteiger partial charge in [-0.25, -0.2) is 0 Å². The monoisotopic (exact) mass is 507 g/mol. The highest BCUT2D eigenvalue weighted by atomic mass is 35.5. The fourth-order valence-electron chi connectivity index (χ4n) is 4.81. The van der Waals surface area contributed by atoms with Crippen LogP contribution >= 0.6 is 11.6 Å². The third kappa shape index (κ3) is 5.11. The third-order valence-electron chi connectivity index (χ3n) is 6.71. The van der Waals surface area contributed by atoms with Gasteiger partial charge < -0.3 is 4.90 Å². The number of anilines is 3. The summed E-state index contributed by atoms with van der Waals surface area (Å²) in [6.07, 6.45) is 0. The van der Waals surface area contributed by atoms with Crippen LogP contribution in [0.5, 0.6) is 0 Å². The second-order valence-electron chi connectivity index (χ2n) is 9.23. The molecular formula is C36H26ClN. The summed E-state index contributed by atoms with van der Waals surface area (Å²) in [7, 11) is 0. The first-order chi connectivity index (χ1) is 18.7. The first-order valence-electron chi connectivity index (χ1n) is 12.7. The van der Waals surface area contributed by atoms with Crippen molar-refractivity contribution in [3.8, 4) is 33.4 Å². The molecule has 0 unspecified atom stereocenters. The molecule has 0 aliphatic rings. The van der Waals surface area contributed by atoms with E-state index < -0.39 is 0 Å². The van der Waals surface area contributed by atoms with Crippen LogP contribution in [0, 0.1) is 0 Å². The first-order valence-corrected chi connectivity index (χ1v) is 13.1. The maximum atomic E-state index is 6.70. The van der Waals surface area contributed by atoms with Crippen LogP contribution in [0.1, 0.15) is 0 Å². The fourth-order valence-corrected chi connectivity index (χ4v) is 5.04. The van der Waals surface area contributed by atoms with E-state index in [-0.39, 0.29) is 0 Å². The van der Waals surface area contributed by atoms with Crippen molar-refractivity contribution in [2.24, 2.45) is 0 Å². The summed E-state index contributed by atoms with van der Waals surface area (Å²) in [6.45, 7) is 0. The normalized spacial score (nSPS) is 10.8. The number of rotatable bonds is 6. The molecule has 0 N–H and O–H groups in total. The Morgan fingerprint density at radius 2 is 0.684 bits per heavy atom. The molecule has 0 saturated carbocycles. The number of hydrogen-bond acceptors (Lipinski definition) is 1. The Morgan fingerprint density at radius 1 is 0.316 bits per heavy atom. The van der Waals surface area contributed by atoms with Crippen molar-refractivity contribution < 1.29 is 0 Å². The summed E-state index contributed by atoms with van der Waals surface area (Å²) in [5.74, 6) is 0. The standard InChI is InChI=1S/C36H26ClN/c37-33-24-32(29-14-8-3-9-15-29)25-36(26-33)38(34-20-16-30(17-21-34)27-10-4-1-5-11-27)35-22-18-31(19-23-35)28-12-6-2-7-13-28/h1-26H. The van der Waals surface area contributed by atoms with Crippen molar-refractivity contribution in [1.82, 2.24) is 0 Å². The second kappa shape index (κ2) is 10.8. The van der Waals surface area contributed by atoms with Crippen LogP contribution in [-0.4, -0.2) is 0 Å². The Balaban J connectivity index is 1.45. The van der Waals surface area contributed by atoms with Crippen molar-refractivity contribution >= 4 is 28.7 Å². The lowest BCUT2D eigenvalue weighted by molar-refractivity contribution is 1.28. The summed E-state index contributed by atoms with van der Waals surface area (Å²) in [6, 6.07) is 55.0. The molecular weight excluding hydrogens is 482 g/mol. The van der Waals surface area contributed by atoms with Crippen LogP contribution in [0.3, 0.4) is 0 Å². The van der Waals surface area contributed by atoms with Gasteiger partial charge in [-0.05, 0) is 75.8 Å². The molecule has 6 rings (SSSR count). The Morgan fingerprint density at radius 3 is 1.11 bits per heavy atom. The topological polar surface area (TPSA) is 3.24 Å². The Labute approximate surface area is 229 Å². The molecule has 38 heavy (non-hydrogen) atoms. The Kier molecular flexibility index (Phi) is 6.76. The molecule has 0 atom stereocenters. The van der Waals surface area contributed by atoms with Gasteiger partial charge in [0.2, 0.25) is 0 Å². The molecule has 6 aromatic rings. The summed E-state index contributed by atoms with van der Waals surface area (Å²) in [5, 5.41) is 0.702. The van der Waals surface area contributed by atoms with Gasteiger partial charge in [0.15, 0.2) is 0 Å². The van der Waals surface area contributed by atoms with Gasteiger partial charge >= 0.3 is 0 Å². The van der Waals surface area contributed by atoms with E-state index in [1.165, 1.54) is 22.3 Å². The SMILES string of the molecule is Clc1cc(-c2ccccc2)cc(N(c2ccc(-c3ccccc3)cc2)c2ccc(-c3ccccc3)cc2)c1. The zero-order valence-electron chi connectivity index (χ0n) is 20.8. The molecule has 0 spiro atoms. The minimum Gasteiger partial charge on any atom is -0.310 e. The van der Waals surface area contributed by atoms with E-state index in [2.05, 4.69) is 132 Å². The average molecular weight is 508 g/mol. The summed E-state index contributed by atoms with van der Waals surface area (Å²) >= 11 is 6.70. The summed E-state index contributed by atoms with van der Waals surface area (Å²) in [4.78, 5) is 2.27. The molecule has 182 valence electrons. The van der Waals surface area contributed by atoms with Crippen LogP contribution in [-0.2, 0) is 0 Å². The number of benzene rings is 6. The number of nitrogens with zero attached hydrogens (tertiary/aromatic N) is 1. The van der Waals surface area contributed by atoms with Gasteiger partial charge in [0.05, 0.1) is 0 Å². The predicted octanol–water partition coefficient (Wildman–Crippen LogP) is 10.8. The van der Waals surface area contributed by atoms with Gasteiger partial charge in [0.25, 0.3) is 0 Å². The van der Waals surface area contributed by atoms with Crippen LogP contribution < -0.4 is 4.90 Å². The molecule has 0 bridgehead atoms. The molecule has 0 aromatic heterocycles. The lowest BCUT2D eigenvalue weighted by Crippen LogP contribution is -2.10. The third-order valence-corrected chi connectivity index (χ3v) is 6.93. The smallest absolute Gasteiger partial charge is 0.0482 e. The van der Waals surface area contributed by atoms with E-state index in [4.69, 9.17) is 11.6 Å². The molecule has 1 nitrogen and oxygen atoms in total. The summed E-state index contributed by atoms with van der Waals surface area (Å²) in [5.41, 5.74) is 10.1. The Hall–Kier alpha value is -4.59. The molecule has 0 aliphatic heterocycles. The lowest BCUT2D eigenvalue weighted by Gasteiger charge is -2.27. The highest BCUT2D eigenvalue weighted by molar-refractivity contribution is 6.31. The van der Waals surface area contributed by atoms with Crippen molar-refractivity contribution in [2.75, 3.05) is 4.90 Å². The second-order valence-corrected chi connectivity index (χ2v) is 9.66. The highest BCUT2D eigenvalue weighted by Gasteiger charge is 2.15. The van der Waals surface area contributed by atoms with E-state index in [0.717, 1.165) is 28.2 Å². The van der Waals surface area contributed by atoms with E-state index in [0.29, 0.717) is 5.02 Å². The maximum absolute atomic E-state index is 6.70. The van der Waals surface area contributed by atoms with Gasteiger partial charge in [-0.2, -0.15) is 0 Å². The van der Waals surface area contributed by atoms with E-state index in [9.17, 15) is 0 Å². The molecule has 2 heteroatoms. The molecule has 0 heterocycles. The molecule has 0 saturated heterocycles. The van der Waals surface area contributed by atoms with Gasteiger partial charge in [-0.15, -0.1) is 0 Å². The minimum absolute atomic E-state index is 0.702. The molecule has 6 aromatic carbocycles. The minimum atomic E-state index is 0.702. The quantitative estimate of drug-likeness (QED) is 0.216. The fraction of sp³-hybridized carbons (Fsp3) is 0. The molecule has 0 aliphatic carbocycles. The van der Waals surface area contributed by atoms with Crippen molar-refractivity contribution in [3.05, 3.63) is 163 Å². The highest BCUT2D eigenvalue weighted by Crippen LogP contribution is 2.39. The van der Waals surface area contributed by atoms with Crippen molar-refractivity contribution in [2.45, 2.75) is 0 Å². The Bertz CT molecular complexity index is 1540. The van der Waals surface area contributed by atoms with Crippen LogP contribution in [0.2, 0.25) is 5.02 Å². The number of hydrogen-bond donors (Lipinski definition) is 0. The first kappa shape index (κ1) is 23.8.